The van der Waals surface area contributed by atoms with Crippen LogP contribution >= 0.6 is 0 Å². The van der Waals surface area contributed by atoms with Crippen LogP contribution in [-0.2, 0) is 14.8 Å². The van der Waals surface area contributed by atoms with Gasteiger partial charge in [-0.05, 0) is 36.8 Å². The van der Waals surface area contributed by atoms with Gasteiger partial charge in [-0.3, -0.25) is 14.9 Å². The summed E-state index contributed by atoms with van der Waals surface area (Å²) in [5.74, 6) is -1.23. The molecule has 0 radical (unpaired) electrons. The molecule has 2 aromatic rings. The summed E-state index contributed by atoms with van der Waals surface area (Å²) < 4.78 is 39.6. The van der Waals surface area contributed by atoms with Gasteiger partial charge >= 0.3 is 0 Å². The molecule has 8 nitrogen and oxygen atoms in total. The maximum Gasteiger partial charge on any atom is 0.269 e. The molecule has 1 amide bonds. The highest BCUT2D eigenvalue weighted by atomic mass is 32.2. The summed E-state index contributed by atoms with van der Waals surface area (Å²) >= 11 is 0. The Morgan fingerprint density at radius 3 is 2.56 bits per heavy atom. The third-order valence-electron chi connectivity index (χ3n) is 3.19. The van der Waals surface area contributed by atoms with Crippen molar-refractivity contribution in [1.29, 1.82) is 0 Å². The van der Waals surface area contributed by atoms with Crippen LogP contribution in [0.5, 0.6) is 0 Å². The Morgan fingerprint density at radius 1 is 1.24 bits per heavy atom. The van der Waals surface area contributed by atoms with Crippen LogP contribution in [-0.4, -0.2) is 25.8 Å². The number of sulfonamides is 1. The molecular weight excluding hydrogens is 353 g/mol. The lowest BCUT2D eigenvalue weighted by Gasteiger charge is -2.10. The highest BCUT2D eigenvalue weighted by Gasteiger charge is 2.20. The zero-order valence-electron chi connectivity index (χ0n) is 13.0. The molecule has 132 valence electrons. The van der Waals surface area contributed by atoms with Gasteiger partial charge in [-0.15, -0.1) is 0 Å². The normalized spacial score (nSPS) is 11.1. The minimum absolute atomic E-state index is 0.170. The summed E-state index contributed by atoms with van der Waals surface area (Å²) in [5.41, 5.74) is 0.128. The number of aryl methyl sites for hydroxylation is 1. The molecule has 10 heteroatoms. The van der Waals surface area contributed by atoms with Crippen LogP contribution in [0.4, 0.5) is 15.8 Å². The number of hydrogen-bond acceptors (Lipinski definition) is 5. The molecule has 0 aliphatic carbocycles. The highest BCUT2D eigenvalue weighted by molar-refractivity contribution is 7.89. The lowest BCUT2D eigenvalue weighted by atomic mass is 10.2. The molecule has 0 heterocycles. The highest BCUT2D eigenvalue weighted by Crippen LogP contribution is 2.20. The van der Waals surface area contributed by atoms with Gasteiger partial charge in [0.2, 0.25) is 15.9 Å². The number of hydrogen-bond donors (Lipinski definition) is 2. The Balaban J connectivity index is 2.06. The van der Waals surface area contributed by atoms with E-state index < -0.39 is 33.2 Å². The summed E-state index contributed by atoms with van der Waals surface area (Å²) in [7, 11) is -4.04. The van der Waals surface area contributed by atoms with E-state index in [-0.39, 0.29) is 21.8 Å². The number of benzene rings is 2. The van der Waals surface area contributed by atoms with E-state index in [0.717, 1.165) is 24.3 Å². The third-order valence-corrected chi connectivity index (χ3v) is 4.75. The first kappa shape index (κ1) is 18.5. The number of anilines is 1. The second kappa shape index (κ2) is 7.36. The van der Waals surface area contributed by atoms with Gasteiger partial charge in [-0.1, -0.05) is 6.07 Å². The first-order valence-electron chi connectivity index (χ1n) is 6.99. The topological polar surface area (TPSA) is 118 Å². The number of nitro benzene ring substituents is 1. The van der Waals surface area contributed by atoms with Crippen LogP contribution < -0.4 is 10.0 Å². The lowest BCUT2D eigenvalue weighted by Crippen LogP contribution is -2.33. The van der Waals surface area contributed by atoms with E-state index in [0.29, 0.717) is 0 Å². The monoisotopic (exact) mass is 367 g/mol. The largest absolute Gasteiger partial charge is 0.325 e. The fourth-order valence-electron chi connectivity index (χ4n) is 2.06. The average Bonchev–Trinajstić information content (AvgIpc) is 2.52. The molecule has 0 atom stereocenters. The molecule has 0 unspecified atom stereocenters. The van der Waals surface area contributed by atoms with E-state index in [4.69, 9.17) is 0 Å². The molecule has 0 aliphatic heterocycles. The fraction of sp³-hybridized carbons (Fsp3) is 0.133. The molecule has 0 saturated heterocycles. The number of carbonyl (C=O) groups excluding carboxylic acids is 1. The molecule has 0 aromatic heterocycles. The molecule has 2 rings (SSSR count). The van der Waals surface area contributed by atoms with Crippen molar-refractivity contribution in [2.75, 3.05) is 11.9 Å². The van der Waals surface area contributed by atoms with Gasteiger partial charge in [-0.2, -0.15) is 0 Å². The van der Waals surface area contributed by atoms with Gasteiger partial charge in [0, 0.05) is 17.8 Å². The van der Waals surface area contributed by atoms with Crippen molar-refractivity contribution >= 4 is 27.3 Å². The molecule has 2 N–H and O–H groups in total. The lowest BCUT2D eigenvalue weighted by molar-refractivity contribution is -0.385. The predicted molar refractivity (Wildman–Crippen MR) is 88.1 cm³/mol. The van der Waals surface area contributed by atoms with Gasteiger partial charge in [0.25, 0.3) is 5.69 Å². The molecule has 0 spiro atoms. The third kappa shape index (κ3) is 4.81. The van der Waals surface area contributed by atoms with Crippen LogP contribution in [0, 0.1) is 22.9 Å². The summed E-state index contributed by atoms with van der Waals surface area (Å²) in [6.07, 6.45) is 0. The predicted octanol–water partition coefficient (Wildman–Crippen LogP) is 1.96. The zero-order valence-corrected chi connectivity index (χ0v) is 13.8. The van der Waals surface area contributed by atoms with E-state index in [1.165, 1.54) is 25.1 Å². The number of nitrogens with zero attached hydrogens (tertiary/aromatic N) is 1. The van der Waals surface area contributed by atoms with Crippen molar-refractivity contribution < 1.29 is 22.5 Å². The van der Waals surface area contributed by atoms with E-state index in [1.807, 2.05) is 0 Å². The van der Waals surface area contributed by atoms with E-state index >= 15 is 0 Å². The van der Waals surface area contributed by atoms with E-state index in [2.05, 4.69) is 10.0 Å². The molecule has 0 aliphatic rings. The Kier molecular flexibility index (Phi) is 5.45. The summed E-state index contributed by atoms with van der Waals surface area (Å²) in [5, 5.41) is 13.0. The van der Waals surface area contributed by atoms with E-state index in [1.54, 1.807) is 0 Å². The number of carbonyl (C=O) groups is 1. The van der Waals surface area contributed by atoms with Gasteiger partial charge in [0.15, 0.2) is 0 Å². The first-order valence-corrected chi connectivity index (χ1v) is 8.47. The molecular formula is C15H14FN3O5S. The smallest absolute Gasteiger partial charge is 0.269 e. The number of nitro groups is 1. The van der Waals surface area contributed by atoms with Crippen molar-refractivity contribution in [3.63, 3.8) is 0 Å². The second-order valence-electron chi connectivity index (χ2n) is 5.09. The van der Waals surface area contributed by atoms with Gasteiger partial charge in [0.1, 0.15) is 5.82 Å². The van der Waals surface area contributed by atoms with Crippen LogP contribution in [0.15, 0.2) is 47.4 Å². The minimum atomic E-state index is -4.04. The van der Waals surface area contributed by atoms with Crippen LogP contribution in [0.3, 0.4) is 0 Å². The summed E-state index contributed by atoms with van der Waals surface area (Å²) in [6, 6.07) is 8.43. The fourth-order valence-corrected chi connectivity index (χ4v) is 3.26. The number of nitrogens with one attached hydrogen (secondary N) is 2. The maximum atomic E-state index is 13.0. The van der Waals surface area contributed by atoms with Gasteiger partial charge < -0.3 is 5.32 Å². The van der Waals surface area contributed by atoms with Crippen molar-refractivity contribution in [2.45, 2.75) is 11.8 Å². The number of rotatable bonds is 6. The van der Waals surface area contributed by atoms with Crippen molar-refractivity contribution in [2.24, 2.45) is 0 Å². The minimum Gasteiger partial charge on any atom is -0.325 e. The SMILES string of the molecule is Cc1cc([N+](=O)[O-])ccc1S(=O)(=O)NCC(=O)Nc1cccc(F)c1. The zero-order chi connectivity index (χ0) is 18.6. The Labute approximate surface area is 142 Å². The van der Waals surface area contributed by atoms with Crippen LogP contribution in [0.2, 0.25) is 0 Å². The molecule has 2 aromatic carbocycles. The number of non-ortho nitro benzene ring substituents is 1. The van der Waals surface area contributed by atoms with Crippen LogP contribution in [0.25, 0.3) is 0 Å². The first-order chi connectivity index (χ1) is 11.7. The van der Waals surface area contributed by atoms with Crippen molar-refractivity contribution in [3.8, 4) is 0 Å². The number of halogens is 1. The Morgan fingerprint density at radius 2 is 1.96 bits per heavy atom. The standard InChI is InChI=1S/C15H14FN3O5S/c1-10-7-13(19(21)22)5-6-14(10)25(23,24)17-9-15(20)18-12-4-2-3-11(16)8-12/h2-8,17H,9H2,1H3,(H,18,20). The molecule has 0 bridgehead atoms. The quantitative estimate of drug-likeness (QED) is 0.598. The molecule has 25 heavy (non-hydrogen) atoms. The Bertz CT molecular complexity index is 931. The van der Waals surface area contributed by atoms with E-state index in [9.17, 15) is 27.7 Å². The summed E-state index contributed by atoms with van der Waals surface area (Å²) in [6.45, 7) is 0.837. The molecule has 0 fully saturated rings. The number of amides is 1. The maximum absolute atomic E-state index is 13.0. The van der Waals surface area contributed by atoms with Crippen molar-refractivity contribution in [3.05, 3.63) is 64.0 Å². The van der Waals surface area contributed by atoms with Gasteiger partial charge in [-0.25, -0.2) is 17.5 Å². The average molecular weight is 367 g/mol. The Hall–Kier alpha value is -2.85. The second-order valence-corrected chi connectivity index (χ2v) is 6.83. The van der Waals surface area contributed by atoms with Crippen LogP contribution in [0.1, 0.15) is 5.56 Å². The van der Waals surface area contributed by atoms with Crippen molar-refractivity contribution in [1.82, 2.24) is 4.72 Å². The van der Waals surface area contributed by atoms with Gasteiger partial charge in [0.05, 0.1) is 16.4 Å². The molecule has 0 saturated carbocycles. The summed E-state index contributed by atoms with van der Waals surface area (Å²) in [4.78, 5) is 21.7.